The largest absolute Gasteiger partial charge is 0.379 e. The van der Waals surface area contributed by atoms with E-state index in [1.807, 2.05) is 0 Å². The molecule has 1 saturated heterocycles. The average Bonchev–Trinajstić information content (AvgIpc) is 2.92. The normalized spacial score (nSPS) is 18.5. The van der Waals surface area contributed by atoms with Gasteiger partial charge in [0.2, 0.25) is 0 Å². The summed E-state index contributed by atoms with van der Waals surface area (Å²) in [6.07, 6.45) is 1.79. The monoisotopic (exact) mass is 284 g/mol. The number of benzene rings is 1. The lowest BCUT2D eigenvalue weighted by Crippen LogP contribution is -2.33. The van der Waals surface area contributed by atoms with E-state index in [0.717, 1.165) is 19.4 Å². The van der Waals surface area contributed by atoms with Crippen molar-refractivity contribution in [2.75, 3.05) is 31.7 Å². The van der Waals surface area contributed by atoms with Crippen molar-refractivity contribution in [3.8, 4) is 0 Å². The Morgan fingerprint density at radius 2 is 2.05 bits per heavy atom. The topological polar surface area (TPSA) is 24.5 Å². The highest BCUT2D eigenvalue weighted by atomic mass is 19.1. The van der Waals surface area contributed by atoms with Gasteiger partial charge < -0.3 is 15.0 Å². The van der Waals surface area contributed by atoms with Crippen molar-refractivity contribution in [3.05, 3.63) is 29.3 Å². The van der Waals surface area contributed by atoms with E-state index in [9.17, 15) is 8.78 Å². The van der Waals surface area contributed by atoms with E-state index in [-0.39, 0.29) is 11.7 Å². The molecule has 1 aromatic rings. The molecule has 1 aliphatic rings. The zero-order chi connectivity index (χ0) is 14.5. The quantitative estimate of drug-likeness (QED) is 0.813. The summed E-state index contributed by atoms with van der Waals surface area (Å²) in [6.45, 7) is 4.55. The van der Waals surface area contributed by atoms with Gasteiger partial charge in [0.05, 0.1) is 12.6 Å². The van der Waals surface area contributed by atoms with Crippen LogP contribution in [0.3, 0.4) is 0 Å². The smallest absolute Gasteiger partial charge is 0.149 e. The third-order valence-corrected chi connectivity index (χ3v) is 3.64. The highest BCUT2D eigenvalue weighted by Gasteiger charge is 2.25. The summed E-state index contributed by atoms with van der Waals surface area (Å²) in [4.78, 5) is 1.65. The fraction of sp³-hybridized carbons (Fsp3) is 0.600. The van der Waals surface area contributed by atoms with E-state index >= 15 is 0 Å². The van der Waals surface area contributed by atoms with Crippen LogP contribution in [0.15, 0.2) is 12.1 Å². The molecule has 0 aliphatic carbocycles. The molecule has 1 heterocycles. The molecule has 1 aromatic carbocycles. The number of anilines is 1. The molecule has 112 valence electrons. The molecule has 0 aromatic heterocycles. The number of nitrogens with zero attached hydrogens (tertiary/aromatic N) is 1. The predicted octanol–water partition coefficient (Wildman–Crippen LogP) is 2.69. The second-order valence-corrected chi connectivity index (χ2v) is 5.21. The second-order valence-electron chi connectivity index (χ2n) is 5.21. The van der Waals surface area contributed by atoms with E-state index in [1.165, 1.54) is 12.1 Å². The maximum atomic E-state index is 14.2. The first-order chi connectivity index (χ1) is 9.63. The Hall–Kier alpha value is -1.20. The summed E-state index contributed by atoms with van der Waals surface area (Å²) < 4.78 is 33.6. The molecular formula is C15H22F2N2O. The third kappa shape index (κ3) is 3.46. The van der Waals surface area contributed by atoms with Gasteiger partial charge in [-0.05, 0) is 37.1 Å². The van der Waals surface area contributed by atoms with Crippen LogP contribution in [-0.4, -0.2) is 32.8 Å². The van der Waals surface area contributed by atoms with Gasteiger partial charge in [0.25, 0.3) is 0 Å². The fourth-order valence-electron chi connectivity index (χ4n) is 2.48. The first-order valence-electron chi connectivity index (χ1n) is 7.12. The highest BCUT2D eigenvalue weighted by Crippen LogP contribution is 2.27. The van der Waals surface area contributed by atoms with Gasteiger partial charge in [-0.3, -0.25) is 0 Å². The number of nitrogens with one attached hydrogen (secondary N) is 1. The van der Waals surface area contributed by atoms with Crippen molar-refractivity contribution in [1.29, 1.82) is 0 Å². The lowest BCUT2D eigenvalue weighted by molar-refractivity contribution is 0.193. The van der Waals surface area contributed by atoms with Crippen molar-refractivity contribution in [3.63, 3.8) is 0 Å². The van der Waals surface area contributed by atoms with Crippen LogP contribution in [0.4, 0.5) is 14.5 Å². The Morgan fingerprint density at radius 3 is 2.60 bits per heavy atom. The summed E-state index contributed by atoms with van der Waals surface area (Å²) in [7, 11) is 1.72. The van der Waals surface area contributed by atoms with Crippen molar-refractivity contribution in [2.24, 2.45) is 0 Å². The van der Waals surface area contributed by atoms with Crippen LogP contribution < -0.4 is 10.2 Å². The van der Waals surface area contributed by atoms with Gasteiger partial charge in [-0.1, -0.05) is 6.92 Å². The average molecular weight is 284 g/mol. The Morgan fingerprint density at radius 1 is 1.35 bits per heavy atom. The number of ether oxygens (including phenoxy) is 1. The van der Waals surface area contributed by atoms with Crippen LogP contribution in [0.1, 0.15) is 25.3 Å². The lowest BCUT2D eigenvalue weighted by Gasteiger charge is -2.26. The van der Waals surface area contributed by atoms with Crippen molar-refractivity contribution >= 4 is 5.69 Å². The zero-order valence-electron chi connectivity index (χ0n) is 12.1. The Kier molecular flexibility index (Phi) is 5.31. The van der Waals surface area contributed by atoms with E-state index in [1.54, 1.807) is 11.9 Å². The summed E-state index contributed by atoms with van der Waals surface area (Å²) in [6, 6.07) is 2.86. The van der Waals surface area contributed by atoms with Gasteiger partial charge in [0.15, 0.2) is 0 Å². The van der Waals surface area contributed by atoms with Crippen LogP contribution in [0.2, 0.25) is 0 Å². The Balaban J connectivity index is 2.13. The summed E-state index contributed by atoms with van der Waals surface area (Å²) >= 11 is 0. The zero-order valence-corrected chi connectivity index (χ0v) is 12.1. The predicted molar refractivity (Wildman–Crippen MR) is 76.0 cm³/mol. The van der Waals surface area contributed by atoms with Gasteiger partial charge >= 0.3 is 0 Å². The standard InChI is InChI=1S/C15H22F2N2O/c1-3-5-18-9-11-7-13(16)15(14(17)8-11)19(2)12-4-6-20-10-12/h7-8,12,18H,3-6,9-10H2,1-2H3. The minimum Gasteiger partial charge on any atom is -0.379 e. The molecule has 0 bridgehead atoms. The molecule has 1 atom stereocenters. The molecule has 3 nitrogen and oxygen atoms in total. The maximum Gasteiger partial charge on any atom is 0.149 e. The first kappa shape index (κ1) is 15.2. The Bertz CT molecular complexity index is 424. The number of hydrogen-bond acceptors (Lipinski definition) is 3. The summed E-state index contributed by atoms with van der Waals surface area (Å²) in [5, 5.41) is 3.14. The molecular weight excluding hydrogens is 262 g/mol. The van der Waals surface area contributed by atoms with Crippen molar-refractivity contribution in [2.45, 2.75) is 32.4 Å². The minimum absolute atomic E-state index is 0.0414. The summed E-state index contributed by atoms with van der Waals surface area (Å²) in [5.74, 6) is -1.01. The molecule has 0 amide bonds. The van der Waals surface area contributed by atoms with Gasteiger partial charge in [0.1, 0.15) is 17.3 Å². The van der Waals surface area contributed by atoms with Crippen LogP contribution in [0, 0.1) is 11.6 Å². The molecule has 1 aliphatic heterocycles. The van der Waals surface area contributed by atoms with Crippen LogP contribution in [0.25, 0.3) is 0 Å². The second kappa shape index (κ2) is 6.99. The number of likely N-dealkylation sites (N-methyl/N-ethyl adjacent to an activating group) is 1. The molecule has 2 rings (SSSR count). The first-order valence-corrected chi connectivity index (χ1v) is 7.12. The number of rotatable bonds is 6. The van der Waals surface area contributed by atoms with Crippen LogP contribution in [0.5, 0.6) is 0 Å². The molecule has 1 fully saturated rings. The number of hydrogen-bond donors (Lipinski definition) is 1. The molecule has 0 saturated carbocycles. The molecule has 1 unspecified atom stereocenters. The molecule has 0 radical (unpaired) electrons. The minimum atomic E-state index is -0.507. The van der Waals surface area contributed by atoms with E-state index in [4.69, 9.17) is 4.74 Å². The molecule has 5 heteroatoms. The maximum absolute atomic E-state index is 14.2. The van der Waals surface area contributed by atoms with Gasteiger partial charge in [-0.15, -0.1) is 0 Å². The lowest BCUT2D eigenvalue weighted by atomic mass is 10.1. The SMILES string of the molecule is CCCNCc1cc(F)c(N(C)C2CCOC2)c(F)c1. The van der Waals surface area contributed by atoms with Crippen molar-refractivity contribution < 1.29 is 13.5 Å². The molecule has 1 N–H and O–H groups in total. The molecule has 0 spiro atoms. The molecule has 20 heavy (non-hydrogen) atoms. The fourth-order valence-corrected chi connectivity index (χ4v) is 2.48. The van der Waals surface area contributed by atoms with Gasteiger partial charge in [-0.2, -0.15) is 0 Å². The summed E-state index contributed by atoms with van der Waals surface area (Å²) in [5.41, 5.74) is 0.674. The van der Waals surface area contributed by atoms with Crippen LogP contribution in [-0.2, 0) is 11.3 Å². The van der Waals surface area contributed by atoms with E-state index < -0.39 is 11.6 Å². The van der Waals surface area contributed by atoms with E-state index in [2.05, 4.69) is 12.2 Å². The highest BCUT2D eigenvalue weighted by molar-refractivity contribution is 5.51. The van der Waals surface area contributed by atoms with Gasteiger partial charge in [-0.25, -0.2) is 8.78 Å². The van der Waals surface area contributed by atoms with E-state index in [0.29, 0.717) is 25.3 Å². The number of halogens is 2. The third-order valence-electron chi connectivity index (χ3n) is 3.64. The van der Waals surface area contributed by atoms with Crippen molar-refractivity contribution in [1.82, 2.24) is 5.32 Å². The van der Waals surface area contributed by atoms with Gasteiger partial charge in [0, 0.05) is 20.2 Å². The van der Waals surface area contributed by atoms with Crippen LogP contribution >= 0.6 is 0 Å². The Labute approximate surface area is 118 Å².